The molecule has 0 spiro atoms. The molecule has 1 aliphatic carbocycles. The fraction of sp³-hybridized carbons (Fsp3) is 0.519. The summed E-state index contributed by atoms with van der Waals surface area (Å²) in [6.07, 6.45) is 10.4. The highest BCUT2D eigenvalue weighted by Gasteiger charge is 2.47. The monoisotopic (exact) mass is 459 g/mol. The highest BCUT2D eigenvalue weighted by Crippen LogP contribution is 2.47. The Labute approximate surface area is 200 Å². The third-order valence-electron chi connectivity index (χ3n) is 8.16. The van der Waals surface area contributed by atoms with Crippen LogP contribution in [0.4, 0.5) is 5.69 Å². The number of piperidine rings is 1. The summed E-state index contributed by atoms with van der Waals surface area (Å²) >= 11 is 0. The number of carbonyl (C=O) groups is 1. The molecule has 2 aliphatic heterocycles. The maximum Gasteiger partial charge on any atom is 0.291 e. The van der Waals surface area contributed by atoms with Gasteiger partial charge < -0.3 is 20.3 Å². The lowest BCUT2D eigenvalue weighted by atomic mass is 9.75. The number of anilines is 1. The van der Waals surface area contributed by atoms with E-state index in [1.54, 1.807) is 0 Å². The van der Waals surface area contributed by atoms with E-state index in [1.807, 2.05) is 18.2 Å². The number of aliphatic hydroxyl groups is 1. The van der Waals surface area contributed by atoms with Gasteiger partial charge in [0.05, 0.1) is 5.60 Å². The van der Waals surface area contributed by atoms with Crippen LogP contribution in [-0.4, -0.2) is 45.0 Å². The molecule has 1 aromatic heterocycles. The van der Waals surface area contributed by atoms with Crippen molar-refractivity contribution in [2.75, 3.05) is 12.4 Å². The SMILES string of the molecule is CN1C2CCC1CC(O)(c1ccc(NC(=O)c3nc(C#N)c[nH]3)c(C3=CCC(C)(C)CC3)c1)C2. The summed E-state index contributed by atoms with van der Waals surface area (Å²) in [6.45, 7) is 4.56. The van der Waals surface area contributed by atoms with Crippen molar-refractivity contribution in [3.05, 3.63) is 53.1 Å². The van der Waals surface area contributed by atoms with E-state index in [0.717, 1.165) is 56.1 Å². The molecule has 2 saturated heterocycles. The first-order chi connectivity index (χ1) is 16.2. The van der Waals surface area contributed by atoms with E-state index < -0.39 is 5.60 Å². The molecular weight excluding hydrogens is 426 g/mol. The van der Waals surface area contributed by atoms with Crippen molar-refractivity contribution in [1.29, 1.82) is 5.26 Å². The molecule has 5 rings (SSSR count). The minimum absolute atomic E-state index is 0.107. The van der Waals surface area contributed by atoms with Crippen molar-refractivity contribution in [2.45, 2.75) is 76.5 Å². The lowest BCUT2D eigenvalue weighted by molar-refractivity contribution is -0.0493. The van der Waals surface area contributed by atoms with Crippen LogP contribution in [0, 0.1) is 16.7 Å². The third-order valence-corrected chi connectivity index (χ3v) is 8.16. The summed E-state index contributed by atoms with van der Waals surface area (Å²) in [5.74, 6) is -0.279. The lowest BCUT2D eigenvalue weighted by Crippen LogP contribution is -2.47. The average Bonchev–Trinajstić information content (AvgIpc) is 3.37. The van der Waals surface area contributed by atoms with Gasteiger partial charge in [-0.05, 0) is 80.7 Å². The summed E-state index contributed by atoms with van der Waals surface area (Å²) in [5, 5.41) is 23.8. The predicted molar refractivity (Wildman–Crippen MR) is 131 cm³/mol. The van der Waals surface area contributed by atoms with Gasteiger partial charge in [0, 0.05) is 29.5 Å². The van der Waals surface area contributed by atoms with Crippen LogP contribution in [0.1, 0.15) is 86.2 Å². The summed E-state index contributed by atoms with van der Waals surface area (Å²) in [5.41, 5.74) is 3.39. The number of nitriles is 1. The van der Waals surface area contributed by atoms with Gasteiger partial charge in [0.15, 0.2) is 11.5 Å². The zero-order valence-electron chi connectivity index (χ0n) is 20.2. The molecule has 3 aliphatic rings. The number of aromatic amines is 1. The van der Waals surface area contributed by atoms with Crippen LogP contribution in [-0.2, 0) is 5.60 Å². The van der Waals surface area contributed by atoms with Crippen LogP contribution in [0.15, 0.2) is 30.5 Å². The van der Waals surface area contributed by atoms with Crippen molar-refractivity contribution in [1.82, 2.24) is 14.9 Å². The Morgan fingerprint density at radius 3 is 2.65 bits per heavy atom. The molecule has 3 N–H and O–H groups in total. The zero-order valence-corrected chi connectivity index (χ0v) is 20.2. The number of nitrogens with zero attached hydrogens (tertiary/aromatic N) is 3. The van der Waals surface area contributed by atoms with E-state index in [9.17, 15) is 9.90 Å². The van der Waals surface area contributed by atoms with Gasteiger partial charge in [-0.15, -0.1) is 0 Å². The largest absolute Gasteiger partial charge is 0.385 e. The number of benzene rings is 1. The topological polar surface area (TPSA) is 105 Å². The van der Waals surface area contributed by atoms with Crippen LogP contribution in [0.5, 0.6) is 0 Å². The Balaban J connectivity index is 1.49. The maximum absolute atomic E-state index is 12.9. The third kappa shape index (κ3) is 4.17. The Morgan fingerprint density at radius 1 is 1.29 bits per heavy atom. The van der Waals surface area contributed by atoms with Gasteiger partial charge >= 0.3 is 0 Å². The van der Waals surface area contributed by atoms with Crippen LogP contribution in [0.25, 0.3) is 5.57 Å². The van der Waals surface area contributed by atoms with Crippen LogP contribution >= 0.6 is 0 Å². The van der Waals surface area contributed by atoms with Gasteiger partial charge in [-0.3, -0.25) is 4.79 Å². The van der Waals surface area contributed by atoms with Gasteiger partial charge in [0.2, 0.25) is 0 Å². The quantitative estimate of drug-likeness (QED) is 0.621. The highest BCUT2D eigenvalue weighted by molar-refractivity contribution is 6.03. The molecule has 7 nitrogen and oxygen atoms in total. The second-order valence-corrected chi connectivity index (χ2v) is 11.0. The van der Waals surface area contributed by atoms with Gasteiger partial charge in [-0.25, -0.2) is 4.98 Å². The van der Waals surface area contributed by atoms with Crippen molar-refractivity contribution < 1.29 is 9.90 Å². The first-order valence-corrected chi connectivity index (χ1v) is 12.2. The first-order valence-electron chi connectivity index (χ1n) is 12.2. The minimum Gasteiger partial charge on any atom is -0.385 e. The molecule has 2 fully saturated rings. The molecule has 3 heterocycles. The number of hydrogen-bond donors (Lipinski definition) is 3. The second kappa shape index (κ2) is 8.37. The molecule has 0 saturated carbocycles. The smallest absolute Gasteiger partial charge is 0.291 e. The van der Waals surface area contributed by atoms with Crippen LogP contribution < -0.4 is 5.32 Å². The van der Waals surface area contributed by atoms with E-state index in [1.165, 1.54) is 11.8 Å². The number of carbonyl (C=O) groups excluding carboxylic acids is 1. The number of aromatic nitrogens is 2. The van der Waals surface area contributed by atoms with E-state index in [-0.39, 0.29) is 22.8 Å². The summed E-state index contributed by atoms with van der Waals surface area (Å²) in [4.78, 5) is 22.1. The Kier molecular flexibility index (Phi) is 5.62. The summed E-state index contributed by atoms with van der Waals surface area (Å²) < 4.78 is 0. The van der Waals surface area contributed by atoms with E-state index >= 15 is 0 Å². The van der Waals surface area contributed by atoms with Crippen molar-refractivity contribution in [3.8, 4) is 6.07 Å². The average molecular weight is 460 g/mol. The summed E-state index contributed by atoms with van der Waals surface area (Å²) in [6, 6.07) is 8.72. The predicted octanol–water partition coefficient (Wildman–Crippen LogP) is 4.57. The molecule has 34 heavy (non-hydrogen) atoms. The zero-order chi connectivity index (χ0) is 24.1. The number of hydrogen-bond acceptors (Lipinski definition) is 5. The van der Waals surface area contributed by atoms with Gasteiger partial charge in [-0.2, -0.15) is 5.26 Å². The van der Waals surface area contributed by atoms with Crippen molar-refractivity contribution in [3.63, 3.8) is 0 Å². The second-order valence-electron chi connectivity index (χ2n) is 11.0. The number of imidazole rings is 1. The molecule has 178 valence electrons. The number of H-pyrrole nitrogens is 1. The fourth-order valence-corrected chi connectivity index (χ4v) is 5.89. The maximum atomic E-state index is 12.9. The van der Waals surface area contributed by atoms with Gasteiger partial charge in [0.25, 0.3) is 5.91 Å². The number of nitrogens with one attached hydrogen (secondary N) is 2. The van der Waals surface area contributed by atoms with Crippen molar-refractivity contribution >= 4 is 17.2 Å². The number of allylic oxidation sites excluding steroid dienone is 2. The molecule has 2 atom stereocenters. The van der Waals surface area contributed by atoms with Crippen molar-refractivity contribution in [2.24, 2.45) is 5.41 Å². The fourth-order valence-electron chi connectivity index (χ4n) is 5.89. The van der Waals surface area contributed by atoms with E-state index in [0.29, 0.717) is 17.8 Å². The highest BCUT2D eigenvalue weighted by atomic mass is 16.3. The Hall–Kier alpha value is -2.95. The van der Waals surface area contributed by atoms with Gasteiger partial charge in [0.1, 0.15) is 6.07 Å². The minimum atomic E-state index is -0.854. The molecular formula is C27H33N5O2. The number of fused-ring (bicyclic) bond motifs is 2. The Morgan fingerprint density at radius 2 is 2.03 bits per heavy atom. The van der Waals surface area contributed by atoms with Crippen LogP contribution in [0.3, 0.4) is 0 Å². The van der Waals surface area contributed by atoms with Gasteiger partial charge in [-0.1, -0.05) is 26.0 Å². The molecule has 2 aromatic rings. The molecule has 1 aromatic carbocycles. The number of rotatable bonds is 4. The molecule has 2 bridgehead atoms. The normalized spacial score (nSPS) is 28.3. The number of amides is 1. The standard InChI is InChI=1S/C27H33N5O2/c1-26(2)10-8-17(9-11-26)22-12-18(27(34)13-20-5-6-21(14-27)32(20)3)4-7-23(22)31-25(33)24-29-16-19(15-28)30-24/h4,7-8,12,16,20-21,34H,5-6,9-11,13-14H2,1-3H3,(H,29,30)(H,31,33). The van der Waals surface area contributed by atoms with E-state index in [4.69, 9.17) is 5.26 Å². The van der Waals surface area contributed by atoms with Crippen LogP contribution in [0.2, 0.25) is 0 Å². The molecule has 2 unspecified atom stereocenters. The summed E-state index contributed by atoms with van der Waals surface area (Å²) in [7, 11) is 2.17. The van der Waals surface area contributed by atoms with E-state index in [2.05, 4.69) is 53.2 Å². The molecule has 0 radical (unpaired) electrons. The Bertz CT molecular complexity index is 1170. The molecule has 7 heteroatoms. The molecule has 1 amide bonds. The lowest BCUT2D eigenvalue weighted by Gasteiger charge is -2.42. The first kappa shape index (κ1) is 22.8.